The van der Waals surface area contributed by atoms with Gasteiger partial charge in [0.1, 0.15) is 0 Å². The van der Waals surface area contributed by atoms with E-state index >= 15 is 0 Å². The zero-order valence-electron chi connectivity index (χ0n) is 12.4. The number of rotatable bonds is 14. The molecule has 0 rings (SSSR count). The van der Waals surface area contributed by atoms with Gasteiger partial charge in [-0.25, -0.2) is 0 Å². The minimum atomic E-state index is 0.627. The number of hydrogen-bond donors (Lipinski definition) is 1. The van der Waals surface area contributed by atoms with Gasteiger partial charge in [0.25, 0.3) is 0 Å². The Morgan fingerprint density at radius 3 is 2.28 bits per heavy atom. The maximum atomic E-state index is 5.49. The van der Waals surface area contributed by atoms with Crippen LogP contribution in [-0.4, -0.2) is 52.7 Å². The van der Waals surface area contributed by atoms with E-state index in [4.69, 9.17) is 14.2 Å². The Kier molecular flexibility index (Phi) is 14.8. The molecule has 0 fully saturated rings. The molecule has 0 aliphatic rings. The van der Waals surface area contributed by atoms with Crippen LogP contribution in [0.15, 0.2) is 0 Å². The fraction of sp³-hybridized carbons (Fsp3) is 1.00. The van der Waals surface area contributed by atoms with Gasteiger partial charge in [-0.1, -0.05) is 6.92 Å². The number of ether oxygens (including phenoxy) is 3. The maximum absolute atomic E-state index is 5.49. The van der Waals surface area contributed by atoms with Gasteiger partial charge in [0.15, 0.2) is 0 Å². The second-order valence-corrected chi connectivity index (χ2v) is 4.57. The van der Waals surface area contributed by atoms with E-state index in [2.05, 4.69) is 19.2 Å². The molecule has 1 N–H and O–H groups in total. The van der Waals surface area contributed by atoms with Crippen LogP contribution in [0.3, 0.4) is 0 Å². The van der Waals surface area contributed by atoms with Crippen molar-refractivity contribution in [1.29, 1.82) is 0 Å². The van der Waals surface area contributed by atoms with Gasteiger partial charge in [-0.3, -0.25) is 0 Å². The molecule has 0 radical (unpaired) electrons. The van der Waals surface area contributed by atoms with Crippen molar-refractivity contribution in [3.05, 3.63) is 0 Å². The lowest BCUT2D eigenvalue weighted by molar-refractivity contribution is 0.0239. The molecule has 0 aromatic carbocycles. The second kappa shape index (κ2) is 14.9. The van der Waals surface area contributed by atoms with Crippen LogP contribution >= 0.6 is 0 Å². The number of unbranched alkanes of at least 4 members (excludes halogenated alkanes) is 1. The molecule has 0 aromatic rings. The van der Waals surface area contributed by atoms with Crippen LogP contribution in [0.25, 0.3) is 0 Å². The van der Waals surface area contributed by atoms with E-state index in [9.17, 15) is 0 Å². The Morgan fingerprint density at radius 1 is 0.944 bits per heavy atom. The number of methoxy groups -OCH3 is 1. The molecule has 0 aliphatic carbocycles. The molecule has 0 heterocycles. The van der Waals surface area contributed by atoms with Gasteiger partial charge in [0, 0.05) is 19.8 Å². The molecule has 4 nitrogen and oxygen atoms in total. The fourth-order valence-electron chi connectivity index (χ4n) is 1.61. The summed E-state index contributed by atoms with van der Waals surface area (Å²) in [6.07, 6.45) is 4.79. The largest absolute Gasteiger partial charge is 0.382 e. The molecule has 0 spiro atoms. The van der Waals surface area contributed by atoms with Gasteiger partial charge >= 0.3 is 0 Å². The van der Waals surface area contributed by atoms with Crippen LogP contribution in [0.5, 0.6) is 0 Å². The fourth-order valence-corrected chi connectivity index (χ4v) is 1.61. The third kappa shape index (κ3) is 13.9. The van der Waals surface area contributed by atoms with Crippen LogP contribution < -0.4 is 5.32 Å². The summed E-state index contributed by atoms with van der Waals surface area (Å²) >= 11 is 0. The SMILES string of the molecule is CCCNC(C)CCCCOCCOCCOC. The average Bonchev–Trinajstić information content (AvgIpc) is 2.38. The molecule has 110 valence electrons. The first-order chi connectivity index (χ1) is 8.81. The predicted octanol–water partition coefficient (Wildman–Crippen LogP) is 2.22. The molecule has 0 bridgehead atoms. The highest BCUT2D eigenvalue weighted by Crippen LogP contribution is 2.00. The molecular weight excluding hydrogens is 230 g/mol. The van der Waals surface area contributed by atoms with Crippen LogP contribution in [0.2, 0.25) is 0 Å². The predicted molar refractivity (Wildman–Crippen MR) is 75.1 cm³/mol. The molecule has 1 atom stereocenters. The maximum Gasteiger partial charge on any atom is 0.0701 e. The van der Waals surface area contributed by atoms with Gasteiger partial charge in [0.2, 0.25) is 0 Å². The van der Waals surface area contributed by atoms with E-state index in [0.717, 1.165) is 19.6 Å². The van der Waals surface area contributed by atoms with Crippen molar-refractivity contribution in [3.8, 4) is 0 Å². The lowest BCUT2D eigenvalue weighted by atomic mass is 10.1. The molecule has 4 heteroatoms. The Hall–Kier alpha value is -0.160. The summed E-state index contributed by atoms with van der Waals surface area (Å²) in [5, 5.41) is 3.49. The van der Waals surface area contributed by atoms with Crippen molar-refractivity contribution in [1.82, 2.24) is 5.32 Å². The second-order valence-electron chi connectivity index (χ2n) is 4.57. The van der Waals surface area contributed by atoms with E-state index in [1.165, 1.54) is 19.3 Å². The molecule has 0 saturated heterocycles. The van der Waals surface area contributed by atoms with Crippen LogP contribution in [0, 0.1) is 0 Å². The first kappa shape index (κ1) is 17.8. The van der Waals surface area contributed by atoms with Crippen molar-refractivity contribution in [2.45, 2.75) is 45.6 Å². The summed E-state index contributed by atoms with van der Waals surface area (Å²) in [7, 11) is 1.68. The number of hydrogen-bond acceptors (Lipinski definition) is 4. The summed E-state index contributed by atoms with van der Waals surface area (Å²) in [4.78, 5) is 0. The van der Waals surface area contributed by atoms with E-state index in [-0.39, 0.29) is 0 Å². The Morgan fingerprint density at radius 2 is 1.61 bits per heavy atom. The number of nitrogens with one attached hydrogen (secondary N) is 1. The van der Waals surface area contributed by atoms with Crippen LogP contribution in [-0.2, 0) is 14.2 Å². The zero-order chi connectivity index (χ0) is 13.5. The van der Waals surface area contributed by atoms with Crippen LogP contribution in [0.1, 0.15) is 39.5 Å². The van der Waals surface area contributed by atoms with E-state index in [0.29, 0.717) is 32.5 Å². The first-order valence-corrected chi connectivity index (χ1v) is 7.19. The van der Waals surface area contributed by atoms with E-state index in [1.54, 1.807) is 7.11 Å². The molecule has 0 saturated carbocycles. The summed E-state index contributed by atoms with van der Waals surface area (Å²) in [6, 6.07) is 0.627. The quantitative estimate of drug-likeness (QED) is 0.487. The Labute approximate surface area is 112 Å². The average molecular weight is 261 g/mol. The lowest BCUT2D eigenvalue weighted by Crippen LogP contribution is -2.26. The third-order valence-electron chi connectivity index (χ3n) is 2.72. The zero-order valence-corrected chi connectivity index (χ0v) is 12.4. The van der Waals surface area contributed by atoms with Crippen molar-refractivity contribution in [3.63, 3.8) is 0 Å². The standard InChI is InChI=1S/C14H31NO3/c1-4-8-15-14(2)7-5-6-9-17-12-13-18-11-10-16-3/h14-15H,4-13H2,1-3H3. The third-order valence-corrected chi connectivity index (χ3v) is 2.72. The molecule has 18 heavy (non-hydrogen) atoms. The van der Waals surface area contributed by atoms with Crippen molar-refractivity contribution >= 4 is 0 Å². The summed E-state index contributed by atoms with van der Waals surface area (Å²) < 4.78 is 15.7. The lowest BCUT2D eigenvalue weighted by Gasteiger charge is -2.12. The summed E-state index contributed by atoms with van der Waals surface area (Å²) in [5.41, 5.74) is 0. The smallest absolute Gasteiger partial charge is 0.0701 e. The molecular formula is C14H31NO3. The van der Waals surface area contributed by atoms with Crippen molar-refractivity contribution in [2.24, 2.45) is 0 Å². The molecule has 0 aliphatic heterocycles. The molecule has 0 amide bonds. The Bertz CT molecular complexity index is 156. The molecule has 0 aromatic heterocycles. The summed E-state index contributed by atoms with van der Waals surface area (Å²) in [5.74, 6) is 0. The highest BCUT2D eigenvalue weighted by Gasteiger charge is 1.99. The van der Waals surface area contributed by atoms with Crippen molar-refractivity contribution < 1.29 is 14.2 Å². The normalized spacial score (nSPS) is 12.8. The Balaban J connectivity index is 3.02. The first-order valence-electron chi connectivity index (χ1n) is 7.19. The van der Waals surface area contributed by atoms with Gasteiger partial charge in [-0.2, -0.15) is 0 Å². The van der Waals surface area contributed by atoms with Crippen LogP contribution in [0.4, 0.5) is 0 Å². The summed E-state index contributed by atoms with van der Waals surface area (Å²) in [6.45, 7) is 9.07. The van der Waals surface area contributed by atoms with Crippen molar-refractivity contribution in [2.75, 3.05) is 46.7 Å². The minimum Gasteiger partial charge on any atom is -0.382 e. The van der Waals surface area contributed by atoms with Gasteiger partial charge < -0.3 is 19.5 Å². The van der Waals surface area contributed by atoms with Gasteiger partial charge in [-0.15, -0.1) is 0 Å². The van der Waals surface area contributed by atoms with Gasteiger partial charge in [0.05, 0.1) is 26.4 Å². The van der Waals surface area contributed by atoms with Gasteiger partial charge in [-0.05, 0) is 39.2 Å². The monoisotopic (exact) mass is 261 g/mol. The topological polar surface area (TPSA) is 39.7 Å². The van der Waals surface area contributed by atoms with E-state index < -0.39 is 0 Å². The minimum absolute atomic E-state index is 0.627. The highest BCUT2D eigenvalue weighted by atomic mass is 16.5. The van der Waals surface area contributed by atoms with E-state index in [1.807, 2.05) is 0 Å². The highest BCUT2D eigenvalue weighted by molar-refractivity contribution is 4.59. The molecule has 1 unspecified atom stereocenters.